The maximum Gasteiger partial charge on any atom is 0.279 e. The number of thiazole rings is 1. The van der Waals surface area contributed by atoms with Crippen molar-refractivity contribution in [3.05, 3.63) is 42.0 Å². The second-order valence-corrected chi connectivity index (χ2v) is 10.3. The summed E-state index contributed by atoms with van der Waals surface area (Å²) >= 11 is 1.28. The largest absolute Gasteiger partial charge is 0.493 e. The molecule has 1 atom stereocenters. The maximum absolute atomic E-state index is 11.7. The highest BCUT2D eigenvalue weighted by Gasteiger charge is 2.18. The van der Waals surface area contributed by atoms with Crippen LogP contribution in [0.2, 0.25) is 0 Å². The van der Waals surface area contributed by atoms with Gasteiger partial charge in [-0.05, 0) is 62.1 Å². The van der Waals surface area contributed by atoms with E-state index in [0.29, 0.717) is 35.1 Å². The molecule has 3 rings (SSSR count). The van der Waals surface area contributed by atoms with E-state index in [9.17, 15) is 13.5 Å². The number of aromatic nitrogens is 1. The highest BCUT2D eigenvalue weighted by atomic mass is 32.2. The van der Waals surface area contributed by atoms with Crippen LogP contribution in [-0.4, -0.2) is 37.5 Å². The number of methoxy groups -OCH3 is 1. The van der Waals surface area contributed by atoms with Crippen molar-refractivity contribution < 1.29 is 23.0 Å². The van der Waals surface area contributed by atoms with Crippen molar-refractivity contribution in [2.75, 3.05) is 13.4 Å². The minimum Gasteiger partial charge on any atom is -0.493 e. The average Bonchev–Trinajstić information content (AvgIpc) is 3.08. The van der Waals surface area contributed by atoms with E-state index < -0.39 is 15.4 Å². The van der Waals surface area contributed by atoms with Crippen LogP contribution in [0.1, 0.15) is 32.3 Å². The maximum atomic E-state index is 11.7. The zero-order valence-electron chi connectivity index (χ0n) is 16.9. The van der Waals surface area contributed by atoms with Crippen LogP contribution in [0.15, 0.2) is 41.3 Å². The molecule has 1 N–H and O–H groups in total. The van der Waals surface area contributed by atoms with Crippen LogP contribution < -0.4 is 9.47 Å². The first-order valence-corrected chi connectivity index (χ1v) is 12.0. The summed E-state index contributed by atoms with van der Waals surface area (Å²) in [6, 6.07) is 10.5. The number of nitrogens with zero attached hydrogens (tertiary/aromatic N) is 1. The summed E-state index contributed by atoms with van der Waals surface area (Å²) in [4.78, 5) is 4.68. The highest BCUT2D eigenvalue weighted by Crippen LogP contribution is 2.37. The van der Waals surface area contributed by atoms with Crippen LogP contribution in [0, 0.1) is 0 Å². The van der Waals surface area contributed by atoms with Crippen LogP contribution in [-0.2, 0) is 16.3 Å². The highest BCUT2D eigenvalue weighted by molar-refractivity contribution is 7.90. The summed E-state index contributed by atoms with van der Waals surface area (Å²) < 4.78 is 35.6. The lowest BCUT2D eigenvalue weighted by molar-refractivity contribution is 0.0473. The van der Waals surface area contributed by atoms with Gasteiger partial charge in [-0.1, -0.05) is 24.3 Å². The Bertz CT molecular complexity index is 1120. The Morgan fingerprint density at radius 2 is 1.93 bits per heavy atom. The van der Waals surface area contributed by atoms with Crippen molar-refractivity contribution in [3.63, 3.8) is 0 Å². The Hall–Kier alpha value is -2.16. The van der Waals surface area contributed by atoms with Gasteiger partial charge >= 0.3 is 0 Å². The fourth-order valence-electron chi connectivity index (χ4n) is 2.79. The van der Waals surface area contributed by atoms with E-state index >= 15 is 0 Å². The Balaban J connectivity index is 1.82. The van der Waals surface area contributed by atoms with E-state index in [2.05, 4.69) is 4.98 Å². The molecule has 6 nitrogen and oxygen atoms in total. The summed E-state index contributed by atoms with van der Waals surface area (Å²) in [5.74, 6) is 1.11. The third-order valence-corrected chi connectivity index (χ3v) is 6.91. The molecule has 0 aliphatic carbocycles. The molecule has 1 unspecified atom stereocenters. The normalized spacial score (nSPS) is 14.0. The van der Waals surface area contributed by atoms with Gasteiger partial charge in [0.05, 0.1) is 27.8 Å². The first-order valence-electron chi connectivity index (χ1n) is 9.29. The quantitative estimate of drug-likeness (QED) is 0.557. The monoisotopic (exact) mass is 435 g/mol. The van der Waals surface area contributed by atoms with E-state index in [4.69, 9.17) is 9.47 Å². The number of aryl methyl sites for hydroxylation is 1. The predicted molar refractivity (Wildman–Crippen MR) is 115 cm³/mol. The fourth-order valence-corrected chi connectivity index (χ4v) is 4.38. The Morgan fingerprint density at radius 1 is 1.17 bits per heavy atom. The van der Waals surface area contributed by atoms with Crippen LogP contribution in [0.25, 0.3) is 10.2 Å². The SMILES string of the molecule is CCC(C)(O)CCc1ccc(Oc2nc3ccc(S(C)(=O)=O)cc3s2)c(OC)c1. The Labute approximate surface area is 175 Å². The lowest BCUT2D eigenvalue weighted by atomic mass is 9.94. The van der Waals surface area contributed by atoms with Crippen molar-refractivity contribution in [2.45, 2.75) is 43.6 Å². The van der Waals surface area contributed by atoms with Gasteiger partial charge in [0, 0.05) is 6.26 Å². The number of benzene rings is 2. The number of hydrogen-bond donors (Lipinski definition) is 1. The molecule has 8 heteroatoms. The fraction of sp³-hybridized carbons (Fsp3) is 0.381. The number of ether oxygens (including phenoxy) is 2. The van der Waals surface area contributed by atoms with Gasteiger partial charge in [-0.15, -0.1) is 0 Å². The summed E-state index contributed by atoms with van der Waals surface area (Å²) in [7, 11) is -1.70. The Kier molecular flexibility index (Phi) is 6.16. The molecule has 0 aliphatic rings. The number of rotatable bonds is 8. The first kappa shape index (κ1) is 21.5. The third-order valence-electron chi connectivity index (χ3n) is 4.91. The molecule has 29 heavy (non-hydrogen) atoms. The Morgan fingerprint density at radius 3 is 2.59 bits per heavy atom. The summed E-state index contributed by atoms with van der Waals surface area (Å²) in [6.45, 7) is 3.80. The molecule has 156 valence electrons. The number of fused-ring (bicyclic) bond motifs is 1. The molecule has 0 amide bonds. The molecule has 0 radical (unpaired) electrons. The van der Waals surface area contributed by atoms with E-state index in [1.807, 2.05) is 32.0 Å². The van der Waals surface area contributed by atoms with Crippen molar-refractivity contribution in [2.24, 2.45) is 0 Å². The average molecular weight is 436 g/mol. The molecule has 0 spiro atoms. The van der Waals surface area contributed by atoms with Crippen LogP contribution >= 0.6 is 11.3 Å². The molecule has 2 aromatic carbocycles. The molecule has 0 saturated carbocycles. The van der Waals surface area contributed by atoms with Gasteiger partial charge in [-0.25, -0.2) is 13.4 Å². The molecule has 0 aliphatic heterocycles. The van der Waals surface area contributed by atoms with Gasteiger partial charge in [0.25, 0.3) is 5.19 Å². The zero-order chi connectivity index (χ0) is 21.2. The van der Waals surface area contributed by atoms with E-state index in [1.165, 1.54) is 17.6 Å². The molecule has 3 aromatic rings. The lowest BCUT2D eigenvalue weighted by Gasteiger charge is -2.21. The van der Waals surface area contributed by atoms with Gasteiger partial charge in [-0.3, -0.25) is 0 Å². The standard InChI is InChI=1S/C21H25NO5S2/c1-5-21(2,23)11-10-14-6-9-17(18(12-14)26-3)27-20-22-16-8-7-15(29(4,24)25)13-19(16)28-20/h6-9,12-13,23H,5,10-11H2,1-4H3. The summed E-state index contributed by atoms with van der Waals surface area (Å²) in [5.41, 5.74) is 1.04. The van der Waals surface area contributed by atoms with Gasteiger partial charge < -0.3 is 14.6 Å². The molecule has 0 bridgehead atoms. The summed E-state index contributed by atoms with van der Waals surface area (Å²) in [6.07, 6.45) is 3.27. The van der Waals surface area contributed by atoms with E-state index in [-0.39, 0.29) is 4.90 Å². The van der Waals surface area contributed by atoms with Crippen molar-refractivity contribution in [1.29, 1.82) is 0 Å². The lowest BCUT2D eigenvalue weighted by Crippen LogP contribution is -2.23. The first-order chi connectivity index (χ1) is 13.6. The minimum absolute atomic E-state index is 0.255. The number of aliphatic hydroxyl groups is 1. The second kappa shape index (κ2) is 8.30. The molecular weight excluding hydrogens is 410 g/mol. The zero-order valence-corrected chi connectivity index (χ0v) is 18.6. The smallest absolute Gasteiger partial charge is 0.279 e. The van der Waals surface area contributed by atoms with E-state index in [1.54, 1.807) is 25.3 Å². The van der Waals surface area contributed by atoms with Gasteiger partial charge in [0.1, 0.15) is 0 Å². The number of hydrogen-bond acceptors (Lipinski definition) is 7. The molecule has 1 heterocycles. The van der Waals surface area contributed by atoms with Crippen molar-refractivity contribution in [3.8, 4) is 16.7 Å². The minimum atomic E-state index is -3.28. The second-order valence-electron chi connectivity index (χ2n) is 7.32. The topological polar surface area (TPSA) is 85.7 Å². The molecule has 0 saturated heterocycles. The predicted octanol–water partition coefficient (Wildman–Crippen LogP) is 4.59. The molecular formula is C21H25NO5S2. The van der Waals surface area contributed by atoms with Gasteiger partial charge in [0.15, 0.2) is 21.3 Å². The van der Waals surface area contributed by atoms with Crippen LogP contribution in [0.3, 0.4) is 0 Å². The van der Waals surface area contributed by atoms with Gasteiger partial charge in [-0.2, -0.15) is 0 Å². The van der Waals surface area contributed by atoms with Crippen LogP contribution in [0.4, 0.5) is 0 Å². The number of sulfone groups is 1. The molecule has 0 fully saturated rings. The summed E-state index contributed by atoms with van der Waals surface area (Å²) in [5, 5.41) is 10.6. The van der Waals surface area contributed by atoms with E-state index in [0.717, 1.165) is 16.7 Å². The van der Waals surface area contributed by atoms with Crippen molar-refractivity contribution >= 4 is 31.4 Å². The third kappa shape index (κ3) is 5.26. The van der Waals surface area contributed by atoms with Gasteiger partial charge in [0.2, 0.25) is 0 Å². The van der Waals surface area contributed by atoms with Crippen LogP contribution in [0.5, 0.6) is 16.7 Å². The molecule has 1 aromatic heterocycles. The van der Waals surface area contributed by atoms with Crippen molar-refractivity contribution in [1.82, 2.24) is 4.98 Å².